The number of hydrogen-bond donors (Lipinski definition) is 2. The minimum atomic E-state index is -1.04. The van der Waals surface area contributed by atoms with Gasteiger partial charge in [0, 0.05) is 10.9 Å². The highest BCUT2D eigenvalue weighted by Crippen LogP contribution is 2.55. The van der Waals surface area contributed by atoms with Gasteiger partial charge in [-0.15, -0.1) is 5.10 Å². The average Bonchev–Trinajstić information content (AvgIpc) is 3.04. The standard InChI is InChI=1S/C16H15ClN6OS/c17-11-3-5-12(6-4-11)22-8-13(20-21-22)16(24)25-15(10-1-2-10)19-14-7-18-9-23(14)25/h3-10,16,24-25H,1-2H2. The second-order valence-corrected chi connectivity index (χ2v) is 8.63. The van der Waals surface area contributed by atoms with Gasteiger partial charge in [-0.2, -0.15) is 0 Å². The molecule has 2 aliphatic rings. The number of benzene rings is 1. The molecule has 0 saturated heterocycles. The molecule has 2 aromatic heterocycles. The maximum atomic E-state index is 11.0. The van der Waals surface area contributed by atoms with Crippen LogP contribution in [-0.2, 0) is 0 Å². The summed E-state index contributed by atoms with van der Waals surface area (Å²) in [6, 6.07) is 7.31. The molecule has 1 aliphatic heterocycles. The fraction of sp³-hybridized carbons (Fsp3) is 0.250. The summed E-state index contributed by atoms with van der Waals surface area (Å²) in [7, 11) is 0. The lowest BCUT2D eigenvalue weighted by molar-refractivity contribution is 0.263. The van der Waals surface area contributed by atoms with Crippen molar-refractivity contribution in [2.45, 2.75) is 18.3 Å². The first-order chi connectivity index (χ1) is 12.2. The number of imidazole rings is 1. The third-order valence-electron chi connectivity index (χ3n) is 4.34. The molecule has 5 rings (SSSR count). The lowest BCUT2D eigenvalue weighted by Gasteiger charge is -2.24. The molecule has 0 bridgehead atoms. The summed E-state index contributed by atoms with van der Waals surface area (Å²) in [6.45, 7) is 0. The molecule has 9 heteroatoms. The third-order valence-corrected chi connectivity index (χ3v) is 7.02. The van der Waals surface area contributed by atoms with Gasteiger partial charge in [0.05, 0.1) is 23.1 Å². The van der Waals surface area contributed by atoms with E-state index >= 15 is 0 Å². The maximum absolute atomic E-state index is 11.0. The summed E-state index contributed by atoms with van der Waals surface area (Å²) < 4.78 is 3.62. The summed E-state index contributed by atoms with van der Waals surface area (Å²) in [4.78, 5) is 8.85. The van der Waals surface area contributed by atoms with Crippen molar-refractivity contribution in [1.82, 2.24) is 24.0 Å². The van der Waals surface area contributed by atoms with Crippen LogP contribution in [0.2, 0.25) is 5.02 Å². The zero-order valence-corrected chi connectivity index (χ0v) is 14.7. The lowest BCUT2D eigenvalue weighted by Crippen LogP contribution is -2.12. The van der Waals surface area contributed by atoms with Crippen LogP contribution in [0.4, 0.5) is 5.82 Å². The molecule has 2 unspecified atom stereocenters. The molecule has 0 spiro atoms. The highest BCUT2D eigenvalue weighted by molar-refractivity contribution is 8.29. The quantitative estimate of drug-likeness (QED) is 0.688. The van der Waals surface area contributed by atoms with Crippen LogP contribution in [0.15, 0.2) is 48.0 Å². The topological polar surface area (TPSA) is 81.1 Å². The molecule has 7 nitrogen and oxygen atoms in total. The van der Waals surface area contributed by atoms with Gasteiger partial charge in [0.25, 0.3) is 0 Å². The number of aliphatic imine (C=N–C) groups is 1. The molecule has 0 radical (unpaired) electrons. The monoisotopic (exact) mass is 374 g/mol. The Labute approximate surface area is 151 Å². The van der Waals surface area contributed by atoms with Crippen molar-refractivity contribution in [1.29, 1.82) is 0 Å². The largest absolute Gasteiger partial charge is 0.376 e. The Hall–Kier alpha value is -2.16. The number of halogens is 1. The van der Waals surface area contributed by atoms with E-state index in [4.69, 9.17) is 16.6 Å². The normalized spacial score (nSPS) is 21.8. The summed E-state index contributed by atoms with van der Waals surface area (Å²) in [5.74, 6) is 1.30. The molecule has 2 atom stereocenters. The minimum Gasteiger partial charge on any atom is -0.376 e. The first-order valence-corrected chi connectivity index (χ1v) is 9.71. The van der Waals surface area contributed by atoms with Crippen LogP contribution >= 0.6 is 22.7 Å². The Bertz CT molecular complexity index is 961. The van der Waals surface area contributed by atoms with Crippen molar-refractivity contribution >= 4 is 33.5 Å². The Morgan fingerprint density at radius 1 is 1.24 bits per heavy atom. The van der Waals surface area contributed by atoms with Gasteiger partial charge in [0.1, 0.15) is 17.5 Å². The molecule has 3 heterocycles. The fourth-order valence-electron chi connectivity index (χ4n) is 2.91. The molecule has 1 aliphatic carbocycles. The van der Waals surface area contributed by atoms with Crippen molar-refractivity contribution in [3.05, 3.63) is 53.7 Å². The number of hydrogen-bond acceptors (Lipinski definition) is 5. The van der Waals surface area contributed by atoms with Crippen LogP contribution < -0.4 is 0 Å². The van der Waals surface area contributed by atoms with E-state index in [0.717, 1.165) is 29.4 Å². The van der Waals surface area contributed by atoms with Crippen molar-refractivity contribution in [3.8, 4) is 5.69 Å². The van der Waals surface area contributed by atoms with Gasteiger partial charge in [-0.3, -0.25) is 3.97 Å². The number of nitrogens with zero attached hydrogens (tertiary/aromatic N) is 6. The predicted molar refractivity (Wildman–Crippen MR) is 97.8 cm³/mol. The summed E-state index contributed by atoms with van der Waals surface area (Å²) in [6.07, 6.45) is 7.52. The van der Waals surface area contributed by atoms with Crippen molar-refractivity contribution in [3.63, 3.8) is 0 Å². The van der Waals surface area contributed by atoms with Gasteiger partial charge in [0.15, 0.2) is 5.82 Å². The third kappa shape index (κ3) is 2.57. The summed E-state index contributed by atoms with van der Waals surface area (Å²) in [5, 5.41) is 21.1. The summed E-state index contributed by atoms with van der Waals surface area (Å²) in [5.41, 5.74) is 0.621. The number of fused-ring (bicyclic) bond motifs is 1. The smallest absolute Gasteiger partial charge is 0.162 e. The molecule has 1 fully saturated rings. The van der Waals surface area contributed by atoms with Crippen LogP contribution in [0.3, 0.4) is 0 Å². The van der Waals surface area contributed by atoms with Crippen molar-refractivity contribution < 1.29 is 5.11 Å². The van der Waals surface area contributed by atoms with Crippen LogP contribution in [0, 0.1) is 5.92 Å². The number of aliphatic hydroxyl groups is 1. The van der Waals surface area contributed by atoms with Crippen LogP contribution in [0.25, 0.3) is 5.69 Å². The molecule has 3 aromatic rings. The van der Waals surface area contributed by atoms with Gasteiger partial charge in [-0.25, -0.2) is 14.7 Å². The van der Waals surface area contributed by atoms with Gasteiger partial charge in [-0.1, -0.05) is 27.9 Å². The molecule has 1 N–H and O–H groups in total. The highest BCUT2D eigenvalue weighted by atomic mass is 35.5. The molecule has 1 saturated carbocycles. The number of rotatable bonds is 4. The van der Waals surface area contributed by atoms with E-state index in [1.165, 1.54) is 0 Å². The van der Waals surface area contributed by atoms with Crippen LogP contribution in [-0.4, -0.2) is 34.1 Å². The van der Waals surface area contributed by atoms with E-state index in [1.807, 2.05) is 16.1 Å². The number of aromatic nitrogens is 5. The zero-order chi connectivity index (χ0) is 17.0. The van der Waals surface area contributed by atoms with Gasteiger partial charge in [0.2, 0.25) is 0 Å². The highest BCUT2D eigenvalue weighted by Gasteiger charge is 2.40. The van der Waals surface area contributed by atoms with Gasteiger partial charge in [-0.05, 0) is 37.1 Å². The van der Waals surface area contributed by atoms with Crippen molar-refractivity contribution in [2.24, 2.45) is 10.9 Å². The Balaban J connectivity index is 1.47. The molecular formula is C16H15ClN6OS. The Morgan fingerprint density at radius 3 is 2.80 bits per heavy atom. The molecule has 25 heavy (non-hydrogen) atoms. The van der Waals surface area contributed by atoms with E-state index in [2.05, 4.69) is 15.3 Å². The fourth-order valence-corrected chi connectivity index (χ4v) is 5.44. The van der Waals surface area contributed by atoms with Crippen molar-refractivity contribution in [2.75, 3.05) is 0 Å². The Morgan fingerprint density at radius 2 is 2.04 bits per heavy atom. The minimum absolute atomic E-state index is 0.479. The van der Waals surface area contributed by atoms with E-state index in [9.17, 15) is 5.11 Å². The Kier molecular flexibility index (Phi) is 3.44. The SMILES string of the molecule is OC(c1cn(-c2ccc(Cl)cc2)nn1)[SH]1C(C2CC2)=Nc2cncn21. The second kappa shape index (κ2) is 5.69. The second-order valence-electron chi connectivity index (χ2n) is 6.12. The zero-order valence-electron chi connectivity index (χ0n) is 13.1. The van der Waals surface area contributed by atoms with Gasteiger partial charge < -0.3 is 5.11 Å². The van der Waals surface area contributed by atoms with Crippen LogP contribution in [0.5, 0.6) is 0 Å². The molecule has 1 aromatic carbocycles. The van der Waals surface area contributed by atoms with E-state index in [1.54, 1.807) is 35.5 Å². The first-order valence-electron chi connectivity index (χ1n) is 7.97. The lowest BCUT2D eigenvalue weighted by atomic mass is 10.3. The van der Waals surface area contributed by atoms with E-state index in [-0.39, 0.29) is 0 Å². The van der Waals surface area contributed by atoms with Crippen LogP contribution in [0.1, 0.15) is 24.0 Å². The maximum Gasteiger partial charge on any atom is 0.162 e. The summed E-state index contributed by atoms with van der Waals surface area (Å²) >= 11 is 4.89. The predicted octanol–water partition coefficient (Wildman–Crippen LogP) is 3.03. The molecule has 128 valence electrons. The number of aliphatic hydroxyl groups excluding tert-OH is 1. The van der Waals surface area contributed by atoms with Gasteiger partial charge >= 0.3 is 0 Å². The number of thiol groups is 1. The first kappa shape index (κ1) is 15.1. The molecular weight excluding hydrogens is 360 g/mol. The average molecular weight is 375 g/mol. The van der Waals surface area contributed by atoms with E-state index < -0.39 is 16.5 Å². The molecule has 0 amide bonds. The van der Waals surface area contributed by atoms with E-state index in [0.29, 0.717) is 16.6 Å².